The zero-order valence-electron chi connectivity index (χ0n) is 9.45. The highest BCUT2D eigenvalue weighted by Gasteiger charge is 2.11. The quantitative estimate of drug-likeness (QED) is 0.817. The van der Waals surface area contributed by atoms with Gasteiger partial charge in [-0.2, -0.15) is 0 Å². The standard InChI is InChI=1S/C13H20N2/c1-11(14)10-12-4-6-13(7-5-12)15-8-2-3-9-15/h4-7,11H,2-3,8-10,14H2,1H3/t11-/m1/s1. The van der Waals surface area contributed by atoms with E-state index in [9.17, 15) is 0 Å². The lowest BCUT2D eigenvalue weighted by molar-refractivity contribution is 0.738. The molecule has 0 bridgehead atoms. The van der Waals surface area contributed by atoms with Crippen LogP contribution in [0.4, 0.5) is 5.69 Å². The van der Waals surface area contributed by atoms with Crippen LogP contribution in [0.2, 0.25) is 0 Å². The molecule has 1 aromatic carbocycles. The summed E-state index contributed by atoms with van der Waals surface area (Å²) in [6, 6.07) is 9.11. The van der Waals surface area contributed by atoms with Gasteiger partial charge in [0.05, 0.1) is 0 Å². The second kappa shape index (κ2) is 4.67. The summed E-state index contributed by atoms with van der Waals surface area (Å²) in [5.41, 5.74) is 8.48. The minimum Gasteiger partial charge on any atom is -0.372 e. The molecular weight excluding hydrogens is 184 g/mol. The topological polar surface area (TPSA) is 29.3 Å². The normalized spacial score (nSPS) is 18.1. The average Bonchev–Trinajstić information content (AvgIpc) is 2.71. The van der Waals surface area contributed by atoms with Crippen LogP contribution >= 0.6 is 0 Å². The van der Waals surface area contributed by atoms with Crippen molar-refractivity contribution in [2.75, 3.05) is 18.0 Å². The van der Waals surface area contributed by atoms with Crippen molar-refractivity contribution in [2.45, 2.75) is 32.2 Å². The molecule has 82 valence electrons. The molecule has 2 rings (SSSR count). The lowest BCUT2D eigenvalue weighted by atomic mass is 10.1. The third-order valence-corrected chi connectivity index (χ3v) is 2.97. The predicted molar refractivity (Wildman–Crippen MR) is 65.2 cm³/mol. The van der Waals surface area contributed by atoms with E-state index in [1.165, 1.54) is 37.2 Å². The van der Waals surface area contributed by atoms with Gasteiger partial charge in [-0.15, -0.1) is 0 Å². The summed E-state index contributed by atoms with van der Waals surface area (Å²) in [5.74, 6) is 0. The first-order valence-corrected chi connectivity index (χ1v) is 5.85. The van der Waals surface area contributed by atoms with E-state index in [2.05, 4.69) is 29.2 Å². The maximum Gasteiger partial charge on any atom is 0.0366 e. The SMILES string of the molecule is C[C@@H](N)Cc1ccc(N2CCCC2)cc1. The number of benzene rings is 1. The number of nitrogens with two attached hydrogens (primary N) is 1. The first kappa shape index (κ1) is 10.5. The molecule has 1 saturated heterocycles. The number of anilines is 1. The fourth-order valence-corrected chi connectivity index (χ4v) is 2.19. The van der Waals surface area contributed by atoms with Crippen molar-refractivity contribution >= 4 is 5.69 Å². The van der Waals surface area contributed by atoms with Gasteiger partial charge in [-0.25, -0.2) is 0 Å². The molecule has 2 heteroatoms. The summed E-state index contributed by atoms with van der Waals surface area (Å²) in [6.07, 6.45) is 3.64. The van der Waals surface area contributed by atoms with Crippen molar-refractivity contribution < 1.29 is 0 Å². The smallest absolute Gasteiger partial charge is 0.0366 e. The third kappa shape index (κ3) is 2.72. The van der Waals surface area contributed by atoms with Crippen LogP contribution in [0.15, 0.2) is 24.3 Å². The number of rotatable bonds is 3. The van der Waals surface area contributed by atoms with E-state index in [1.54, 1.807) is 0 Å². The van der Waals surface area contributed by atoms with Crippen LogP contribution in [0, 0.1) is 0 Å². The highest BCUT2D eigenvalue weighted by Crippen LogP contribution is 2.20. The zero-order valence-corrected chi connectivity index (χ0v) is 9.45. The first-order chi connectivity index (χ1) is 7.25. The van der Waals surface area contributed by atoms with Crippen LogP contribution in [0.1, 0.15) is 25.3 Å². The van der Waals surface area contributed by atoms with Crippen molar-refractivity contribution in [1.82, 2.24) is 0 Å². The minimum atomic E-state index is 0.252. The Morgan fingerprint density at radius 3 is 2.33 bits per heavy atom. The Bertz CT molecular complexity index is 297. The molecule has 1 aromatic rings. The fourth-order valence-electron chi connectivity index (χ4n) is 2.19. The zero-order chi connectivity index (χ0) is 10.7. The molecule has 2 N–H and O–H groups in total. The predicted octanol–water partition coefficient (Wildman–Crippen LogP) is 2.18. The van der Waals surface area contributed by atoms with Crippen molar-refractivity contribution in [2.24, 2.45) is 5.73 Å². The second-order valence-electron chi connectivity index (χ2n) is 4.54. The Balaban J connectivity index is 2.03. The summed E-state index contributed by atoms with van der Waals surface area (Å²) in [5, 5.41) is 0. The van der Waals surface area contributed by atoms with Gasteiger partial charge >= 0.3 is 0 Å². The van der Waals surface area contributed by atoms with Gasteiger partial charge in [0.25, 0.3) is 0 Å². The highest BCUT2D eigenvalue weighted by atomic mass is 15.1. The first-order valence-electron chi connectivity index (χ1n) is 5.85. The van der Waals surface area contributed by atoms with Crippen LogP contribution in [-0.2, 0) is 6.42 Å². The summed E-state index contributed by atoms with van der Waals surface area (Å²) in [7, 11) is 0. The molecule has 0 amide bonds. The van der Waals surface area contributed by atoms with E-state index in [1.807, 2.05) is 6.92 Å². The van der Waals surface area contributed by atoms with Crippen molar-refractivity contribution in [3.8, 4) is 0 Å². The molecule has 0 saturated carbocycles. The Labute approximate surface area is 92.1 Å². The van der Waals surface area contributed by atoms with Crippen LogP contribution in [-0.4, -0.2) is 19.1 Å². The van der Waals surface area contributed by atoms with Gasteiger partial charge < -0.3 is 10.6 Å². The molecule has 0 spiro atoms. The fraction of sp³-hybridized carbons (Fsp3) is 0.538. The largest absolute Gasteiger partial charge is 0.372 e. The Morgan fingerprint density at radius 1 is 1.20 bits per heavy atom. The van der Waals surface area contributed by atoms with Crippen LogP contribution in [0.3, 0.4) is 0 Å². The maximum atomic E-state index is 5.77. The summed E-state index contributed by atoms with van der Waals surface area (Å²) >= 11 is 0. The van der Waals surface area contributed by atoms with Gasteiger partial charge in [-0.1, -0.05) is 12.1 Å². The van der Waals surface area contributed by atoms with Gasteiger partial charge in [0.15, 0.2) is 0 Å². The van der Waals surface area contributed by atoms with E-state index in [-0.39, 0.29) is 6.04 Å². The molecule has 1 fully saturated rings. The molecule has 0 aromatic heterocycles. The second-order valence-corrected chi connectivity index (χ2v) is 4.54. The van der Waals surface area contributed by atoms with E-state index >= 15 is 0 Å². The summed E-state index contributed by atoms with van der Waals surface area (Å²) < 4.78 is 0. The van der Waals surface area contributed by atoms with Crippen molar-refractivity contribution in [3.05, 3.63) is 29.8 Å². The van der Waals surface area contributed by atoms with E-state index < -0.39 is 0 Å². The molecule has 1 aliphatic rings. The molecule has 1 heterocycles. The monoisotopic (exact) mass is 204 g/mol. The minimum absolute atomic E-state index is 0.252. The third-order valence-electron chi connectivity index (χ3n) is 2.97. The van der Waals surface area contributed by atoms with Gasteiger partial charge in [0.1, 0.15) is 0 Å². The molecule has 0 unspecified atom stereocenters. The van der Waals surface area contributed by atoms with Gasteiger partial charge in [0.2, 0.25) is 0 Å². The molecule has 1 aliphatic heterocycles. The highest BCUT2D eigenvalue weighted by molar-refractivity contribution is 5.48. The van der Waals surface area contributed by atoms with Crippen LogP contribution < -0.4 is 10.6 Å². The molecule has 2 nitrogen and oxygen atoms in total. The molecular formula is C13H20N2. The lowest BCUT2D eigenvalue weighted by Crippen LogP contribution is -2.19. The number of hydrogen-bond acceptors (Lipinski definition) is 2. The number of hydrogen-bond donors (Lipinski definition) is 1. The van der Waals surface area contributed by atoms with Crippen LogP contribution in [0.5, 0.6) is 0 Å². The van der Waals surface area contributed by atoms with E-state index in [4.69, 9.17) is 5.73 Å². The van der Waals surface area contributed by atoms with Gasteiger partial charge in [0, 0.05) is 24.8 Å². The molecule has 1 atom stereocenters. The van der Waals surface area contributed by atoms with E-state index in [0.29, 0.717) is 0 Å². The number of nitrogens with zero attached hydrogens (tertiary/aromatic N) is 1. The van der Waals surface area contributed by atoms with E-state index in [0.717, 1.165) is 6.42 Å². The maximum absolute atomic E-state index is 5.77. The molecule has 15 heavy (non-hydrogen) atoms. The molecule has 0 aliphatic carbocycles. The van der Waals surface area contributed by atoms with Crippen molar-refractivity contribution in [1.29, 1.82) is 0 Å². The Kier molecular flexibility index (Phi) is 3.27. The summed E-state index contributed by atoms with van der Waals surface area (Å²) in [6.45, 7) is 4.48. The molecule has 0 radical (unpaired) electrons. The lowest BCUT2D eigenvalue weighted by Gasteiger charge is -2.17. The average molecular weight is 204 g/mol. The van der Waals surface area contributed by atoms with Gasteiger partial charge in [-0.05, 0) is 43.9 Å². The van der Waals surface area contributed by atoms with Crippen LogP contribution in [0.25, 0.3) is 0 Å². The Hall–Kier alpha value is -1.02. The van der Waals surface area contributed by atoms with Gasteiger partial charge in [-0.3, -0.25) is 0 Å². The Morgan fingerprint density at radius 2 is 1.80 bits per heavy atom. The van der Waals surface area contributed by atoms with Crippen molar-refractivity contribution in [3.63, 3.8) is 0 Å². The summed E-state index contributed by atoms with van der Waals surface area (Å²) in [4.78, 5) is 2.45.